The molecule has 0 atom stereocenters. The Bertz CT molecular complexity index is 269. The number of carbonyl (C=O) groups excluding carboxylic acids is 1. The molecule has 0 heterocycles. The molecule has 0 aliphatic carbocycles. The Balaban J connectivity index is 3.08. The van der Waals surface area contributed by atoms with Crippen LogP contribution in [0.25, 0.3) is 0 Å². The largest absolute Gasteiger partial charge is 0.463 e. The van der Waals surface area contributed by atoms with Gasteiger partial charge in [-0.3, -0.25) is 0 Å². The highest BCUT2D eigenvalue weighted by molar-refractivity contribution is 5.81. The quantitative estimate of drug-likeness (QED) is 0.161. The first-order valence-corrected chi connectivity index (χ1v) is 8.75. The summed E-state index contributed by atoms with van der Waals surface area (Å²) in [6.45, 7) is 6.15. The summed E-state index contributed by atoms with van der Waals surface area (Å²) >= 11 is 0. The zero-order valence-electron chi connectivity index (χ0n) is 13.9. The van der Waals surface area contributed by atoms with Crippen molar-refractivity contribution >= 4 is 5.97 Å². The molecule has 0 saturated heterocycles. The second kappa shape index (κ2) is 17.0. The molecule has 21 heavy (non-hydrogen) atoms. The summed E-state index contributed by atoms with van der Waals surface area (Å²) in [7, 11) is 0. The van der Waals surface area contributed by atoms with Gasteiger partial charge in [0.2, 0.25) is 0 Å². The summed E-state index contributed by atoms with van der Waals surface area (Å²) in [5.41, 5.74) is 0. The van der Waals surface area contributed by atoms with Gasteiger partial charge in [0.1, 0.15) is 0 Å². The molecule has 0 radical (unpaired) electrons. The van der Waals surface area contributed by atoms with E-state index < -0.39 is 0 Å². The van der Waals surface area contributed by atoms with Crippen LogP contribution in [0.2, 0.25) is 0 Å². The Hall–Kier alpha value is -1.05. The molecule has 0 unspecified atom stereocenters. The third kappa shape index (κ3) is 16.9. The highest BCUT2D eigenvalue weighted by Crippen LogP contribution is 2.09. The molecule has 2 heteroatoms. The van der Waals surface area contributed by atoms with Crippen LogP contribution in [0.3, 0.4) is 0 Å². The Morgan fingerprint density at radius 2 is 1.38 bits per heavy atom. The fraction of sp³-hybridized carbons (Fsp3) is 0.737. The van der Waals surface area contributed by atoms with Gasteiger partial charge >= 0.3 is 5.97 Å². The van der Waals surface area contributed by atoms with Crippen molar-refractivity contribution in [1.82, 2.24) is 0 Å². The minimum atomic E-state index is -0.308. The fourth-order valence-corrected chi connectivity index (χ4v) is 2.23. The Morgan fingerprint density at radius 3 is 1.95 bits per heavy atom. The third-order valence-electron chi connectivity index (χ3n) is 3.57. The maximum atomic E-state index is 10.8. The van der Waals surface area contributed by atoms with E-state index in [0.29, 0.717) is 6.61 Å². The molecule has 0 spiro atoms. The maximum Gasteiger partial charge on any atom is 0.330 e. The van der Waals surface area contributed by atoms with Gasteiger partial charge in [0.15, 0.2) is 0 Å². The zero-order valence-corrected chi connectivity index (χ0v) is 13.9. The predicted octanol–water partition coefficient (Wildman–Crippen LogP) is 5.97. The number of allylic oxidation sites excluding steroid dienone is 2. The predicted molar refractivity (Wildman–Crippen MR) is 91.4 cm³/mol. The van der Waals surface area contributed by atoms with Gasteiger partial charge in [-0.25, -0.2) is 4.79 Å². The van der Waals surface area contributed by atoms with Crippen LogP contribution >= 0.6 is 0 Å². The van der Waals surface area contributed by atoms with Crippen LogP contribution < -0.4 is 0 Å². The van der Waals surface area contributed by atoms with Gasteiger partial charge in [0.25, 0.3) is 0 Å². The maximum absolute atomic E-state index is 10.8. The molecule has 0 N–H and O–H groups in total. The molecule has 0 amide bonds. The van der Waals surface area contributed by atoms with Crippen LogP contribution in [0.4, 0.5) is 0 Å². The van der Waals surface area contributed by atoms with E-state index in [4.69, 9.17) is 4.74 Å². The van der Waals surface area contributed by atoms with E-state index in [0.717, 1.165) is 12.8 Å². The van der Waals surface area contributed by atoms with Gasteiger partial charge in [-0.05, 0) is 32.1 Å². The molecule has 122 valence electrons. The lowest BCUT2D eigenvalue weighted by Gasteiger charge is -2.02. The van der Waals surface area contributed by atoms with Gasteiger partial charge in [0.05, 0.1) is 6.61 Å². The summed E-state index contributed by atoms with van der Waals surface area (Å²) in [4.78, 5) is 10.8. The van der Waals surface area contributed by atoms with Crippen LogP contribution in [-0.4, -0.2) is 12.6 Å². The zero-order chi connectivity index (χ0) is 15.6. The number of ether oxygens (including phenoxy) is 1. The summed E-state index contributed by atoms with van der Waals surface area (Å²) < 4.78 is 4.93. The van der Waals surface area contributed by atoms with Crippen LogP contribution in [0.15, 0.2) is 24.8 Å². The number of esters is 1. The van der Waals surface area contributed by atoms with E-state index in [1.807, 2.05) is 0 Å². The SMILES string of the molecule is C=CC(=O)OCCCCCCCCC/C=C/CCCCC. The summed E-state index contributed by atoms with van der Waals surface area (Å²) in [6.07, 6.45) is 21.1. The summed E-state index contributed by atoms with van der Waals surface area (Å²) in [5.74, 6) is -0.308. The molecule has 0 bridgehead atoms. The highest BCUT2D eigenvalue weighted by Gasteiger charge is 1.95. The van der Waals surface area contributed by atoms with Crippen molar-refractivity contribution in [2.75, 3.05) is 6.61 Å². The van der Waals surface area contributed by atoms with Gasteiger partial charge in [-0.2, -0.15) is 0 Å². The van der Waals surface area contributed by atoms with E-state index in [1.54, 1.807) is 0 Å². The first kappa shape index (κ1) is 19.9. The summed E-state index contributed by atoms with van der Waals surface area (Å²) in [6, 6.07) is 0. The molecule has 0 aromatic carbocycles. The molecule has 2 nitrogen and oxygen atoms in total. The van der Waals surface area contributed by atoms with Crippen LogP contribution in [-0.2, 0) is 9.53 Å². The minimum absolute atomic E-state index is 0.308. The molecule has 0 rings (SSSR count). The monoisotopic (exact) mass is 294 g/mol. The molecule has 0 aliphatic rings. The molecule has 0 fully saturated rings. The lowest BCUT2D eigenvalue weighted by molar-refractivity contribution is -0.137. The minimum Gasteiger partial charge on any atom is -0.463 e. The van der Waals surface area contributed by atoms with Crippen LogP contribution in [0.1, 0.15) is 84.0 Å². The van der Waals surface area contributed by atoms with Crippen molar-refractivity contribution in [3.05, 3.63) is 24.8 Å². The van der Waals surface area contributed by atoms with E-state index in [9.17, 15) is 4.79 Å². The topological polar surface area (TPSA) is 26.3 Å². The van der Waals surface area contributed by atoms with Gasteiger partial charge in [-0.15, -0.1) is 0 Å². The van der Waals surface area contributed by atoms with Gasteiger partial charge < -0.3 is 4.74 Å². The molecular formula is C19H34O2. The number of unbranched alkanes of at least 4 members (excludes halogenated alkanes) is 10. The van der Waals surface area contributed by atoms with Crippen LogP contribution in [0, 0.1) is 0 Å². The lowest BCUT2D eigenvalue weighted by Crippen LogP contribution is -2.01. The Morgan fingerprint density at radius 1 is 0.857 bits per heavy atom. The van der Waals surface area contributed by atoms with E-state index in [2.05, 4.69) is 25.7 Å². The van der Waals surface area contributed by atoms with Crippen molar-refractivity contribution in [2.24, 2.45) is 0 Å². The van der Waals surface area contributed by atoms with Crippen molar-refractivity contribution < 1.29 is 9.53 Å². The van der Waals surface area contributed by atoms with Crippen molar-refractivity contribution in [3.8, 4) is 0 Å². The van der Waals surface area contributed by atoms with Crippen molar-refractivity contribution in [1.29, 1.82) is 0 Å². The number of hydrogen-bond acceptors (Lipinski definition) is 2. The Kier molecular flexibility index (Phi) is 16.2. The molecular weight excluding hydrogens is 260 g/mol. The molecule has 0 aromatic rings. The van der Waals surface area contributed by atoms with E-state index in [1.165, 1.54) is 70.3 Å². The summed E-state index contributed by atoms with van der Waals surface area (Å²) in [5, 5.41) is 0. The van der Waals surface area contributed by atoms with Crippen molar-refractivity contribution in [2.45, 2.75) is 84.0 Å². The third-order valence-corrected chi connectivity index (χ3v) is 3.57. The standard InChI is InChI=1S/C19H34O2/c1-3-5-6-7-8-9-10-11-12-13-14-15-16-17-18-21-19(20)4-2/h4,8-9H,2-3,5-7,10-18H2,1H3/b9-8+. The number of hydrogen-bond donors (Lipinski definition) is 0. The second-order valence-electron chi connectivity index (χ2n) is 5.60. The smallest absolute Gasteiger partial charge is 0.330 e. The number of rotatable bonds is 15. The van der Waals surface area contributed by atoms with E-state index in [-0.39, 0.29) is 5.97 Å². The average Bonchev–Trinajstić information content (AvgIpc) is 2.50. The lowest BCUT2D eigenvalue weighted by atomic mass is 10.1. The normalized spacial score (nSPS) is 10.9. The molecule has 0 aromatic heterocycles. The molecule has 0 saturated carbocycles. The van der Waals surface area contributed by atoms with Gasteiger partial charge in [-0.1, -0.05) is 70.6 Å². The number of carbonyl (C=O) groups is 1. The van der Waals surface area contributed by atoms with Gasteiger partial charge in [0, 0.05) is 6.08 Å². The first-order valence-electron chi connectivity index (χ1n) is 8.75. The molecule has 0 aliphatic heterocycles. The second-order valence-corrected chi connectivity index (χ2v) is 5.60. The fourth-order valence-electron chi connectivity index (χ4n) is 2.23. The Labute approximate surface area is 131 Å². The van der Waals surface area contributed by atoms with E-state index >= 15 is 0 Å². The first-order chi connectivity index (χ1) is 10.3. The van der Waals surface area contributed by atoms with Crippen molar-refractivity contribution in [3.63, 3.8) is 0 Å². The average molecular weight is 294 g/mol. The highest BCUT2D eigenvalue weighted by atomic mass is 16.5. The van der Waals surface area contributed by atoms with Crippen LogP contribution in [0.5, 0.6) is 0 Å².